The maximum atomic E-state index is 12.7. The third-order valence-corrected chi connectivity index (χ3v) is 4.55. The van der Waals surface area contributed by atoms with Gasteiger partial charge in [0.25, 0.3) is 5.91 Å². The Hall–Kier alpha value is -3.61. The van der Waals surface area contributed by atoms with Crippen molar-refractivity contribution < 1.29 is 9.53 Å². The number of nitrogens with one attached hydrogen (secondary N) is 2. The van der Waals surface area contributed by atoms with Gasteiger partial charge in [-0.3, -0.25) is 9.89 Å². The number of fused-ring (bicyclic) bond motifs is 1. The highest BCUT2D eigenvalue weighted by atomic mass is 16.5. The molecule has 0 spiro atoms. The fourth-order valence-corrected chi connectivity index (χ4v) is 3.04. The van der Waals surface area contributed by atoms with Gasteiger partial charge in [-0.05, 0) is 36.4 Å². The lowest BCUT2D eigenvalue weighted by Crippen LogP contribution is -2.24. The van der Waals surface area contributed by atoms with Crippen LogP contribution in [-0.4, -0.2) is 32.8 Å². The molecule has 7 nitrogen and oxygen atoms in total. The number of ether oxygens (including phenoxy) is 1. The molecule has 2 N–H and O–H groups in total. The molecule has 4 rings (SSSR count). The van der Waals surface area contributed by atoms with E-state index in [1.807, 2.05) is 60.1 Å². The average Bonchev–Trinajstić information content (AvgIpc) is 3.32. The summed E-state index contributed by atoms with van der Waals surface area (Å²) in [6.45, 7) is 0.331. The maximum absolute atomic E-state index is 12.7. The van der Waals surface area contributed by atoms with E-state index in [2.05, 4.69) is 20.5 Å². The number of hydrogen-bond donors (Lipinski definition) is 2. The molecule has 0 aliphatic heterocycles. The van der Waals surface area contributed by atoms with E-state index in [0.29, 0.717) is 17.8 Å². The van der Waals surface area contributed by atoms with Gasteiger partial charge in [0.05, 0.1) is 42.1 Å². The maximum Gasteiger partial charge on any atom is 0.255 e. The first-order valence-electron chi connectivity index (χ1n) is 8.53. The largest absolute Gasteiger partial charge is 0.497 e. The number of rotatable bonds is 5. The molecule has 0 bridgehead atoms. The summed E-state index contributed by atoms with van der Waals surface area (Å²) in [4.78, 5) is 17.3. The molecule has 4 aromatic rings. The number of hydrogen-bond acceptors (Lipinski definition) is 4. The van der Waals surface area contributed by atoms with Crippen LogP contribution in [0.15, 0.2) is 54.7 Å². The summed E-state index contributed by atoms with van der Waals surface area (Å²) in [5.74, 6) is 1.34. The van der Waals surface area contributed by atoms with E-state index < -0.39 is 0 Å². The van der Waals surface area contributed by atoms with Gasteiger partial charge in [-0.1, -0.05) is 12.1 Å². The molecule has 1 amide bonds. The van der Waals surface area contributed by atoms with E-state index in [0.717, 1.165) is 28.2 Å². The van der Waals surface area contributed by atoms with Crippen molar-refractivity contribution in [3.63, 3.8) is 0 Å². The predicted molar refractivity (Wildman–Crippen MR) is 102 cm³/mol. The zero-order chi connectivity index (χ0) is 18.8. The Morgan fingerprint density at radius 3 is 2.70 bits per heavy atom. The SMILES string of the molecule is COc1ccc(-c2[nH]ncc2C(=O)NCc2nc3ccccc3n2C)cc1. The van der Waals surface area contributed by atoms with Crippen molar-refractivity contribution >= 4 is 16.9 Å². The smallest absolute Gasteiger partial charge is 0.255 e. The molecule has 0 aliphatic rings. The summed E-state index contributed by atoms with van der Waals surface area (Å²) in [6.07, 6.45) is 1.53. The van der Waals surface area contributed by atoms with E-state index in [4.69, 9.17) is 4.74 Å². The molecule has 27 heavy (non-hydrogen) atoms. The number of nitrogens with zero attached hydrogens (tertiary/aromatic N) is 3. The van der Waals surface area contributed by atoms with Crippen LogP contribution in [0.3, 0.4) is 0 Å². The van der Waals surface area contributed by atoms with E-state index in [9.17, 15) is 4.79 Å². The summed E-state index contributed by atoms with van der Waals surface area (Å²) in [6, 6.07) is 15.3. The molecule has 0 unspecified atom stereocenters. The lowest BCUT2D eigenvalue weighted by molar-refractivity contribution is 0.0950. The van der Waals surface area contributed by atoms with Crippen molar-refractivity contribution in [1.82, 2.24) is 25.1 Å². The Morgan fingerprint density at radius 1 is 1.19 bits per heavy atom. The second-order valence-corrected chi connectivity index (χ2v) is 6.15. The van der Waals surface area contributed by atoms with Crippen molar-refractivity contribution in [3.05, 3.63) is 66.1 Å². The Kier molecular flexibility index (Phi) is 4.33. The molecule has 0 radical (unpaired) electrons. The summed E-state index contributed by atoms with van der Waals surface area (Å²) in [5, 5.41) is 9.86. The molecule has 0 saturated heterocycles. The van der Waals surface area contributed by atoms with Crippen molar-refractivity contribution in [2.45, 2.75) is 6.54 Å². The molecule has 2 heterocycles. The van der Waals surface area contributed by atoms with Gasteiger partial charge >= 0.3 is 0 Å². The van der Waals surface area contributed by atoms with Crippen molar-refractivity contribution in [1.29, 1.82) is 0 Å². The topological polar surface area (TPSA) is 84.8 Å². The number of aryl methyl sites for hydroxylation is 1. The van der Waals surface area contributed by atoms with Gasteiger partial charge in [-0.2, -0.15) is 5.10 Å². The number of benzene rings is 2. The predicted octanol–water partition coefficient (Wildman–Crippen LogP) is 2.90. The Balaban J connectivity index is 1.53. The first-order valence-corrected chi connectivity index (χ1v) is 8.53. The molecule has 136 valence electrons. The summed E-state index contributed by atoms with van der Waals surface area (Å²) < 4.78 is 7.16. The standard InChI is InChI=1S/C20H19N5O2/c1-25-17-6-4-3-5-16(17)23-18(25)12-21-20(26)15-11-22-24-19(15)13-7-9-14(27-2)10-8-13/h3-11H,12H2,1-2H3,(H,21,26)(H,22,24). The highest BCUT2D eigenvalue weighted by Crippen LogP contribution is 2.23. The second-order valence-electron chi connectivity index (χ2n) is 6.15. The summed E-state index contributed by atoms with van der Waals surface area (Å²) in [5.41, 5.74) is 3.95. The van der Waals surface area contributed by atoms with Crippen LogP contribution in [0.5, 0.6) is 5.75 Å². The normalized spacial score (nSPS) is 10.9. The first kappa shape index (κ1) is 16.8. The van der Waals surface area contributed by atoms with Crippen molar-refractivity contribution in [3.8, 4) is 17.0 Å². The van der Waals surface area contributed by atoms with Crippen LogP contribution in [0.4, 0.5) is 0 Å². The average molecular weight is 361 g/mol. The zero-order valence-corrected chi connectivity index (χ0v) is 15.1. The highest BCUT2D eigenvalue weighted by molar-refractivity contribution is 5.99. The third kappa shape index (κ3) is 3.15. The second kappa shape index (κ2) is 6.95. The van der Waals surface area contributed by atoms with E-state index in [1.54, 1.807) is 7.11 Å². The van der Waals surface area contributed by atoms with Crippen LogP contribution >= 0.6 is 0 Å². The summed E-state index contributed by atoms with van der Waals surface area (Å²) >= 11 is 0. The molecule has 2 aromatic carbocycles. The molecule has 2 aromatic heterocycles. The Labute approximate surface area is 156 Å². The quantitative estimate of drug-likeness (QED) is 0.572. The molecule has 7 heteroatoms. The third-order valence-electron chi connectivity index (χ3n) is 4.55. The number of amides is 1. The number of methoxy groups -OCH3 is 1. The molecule has 0 saturated carbocycles. The lowest BCUT2D eigenvalue weighted by Gasteiger charge is -2.07. The van der Waals surface area contributed by atoms with Gasteiger partial charge in [-0.15, -0.1) is 0 Å². The van der Waals surface area contributed by atoms with Crippen LogP contribution in [0.1, 0.15) is 16.2 Å². The van der Waals surface area contributed by atoms with Gasteiger partial charge in [0.2, 0.25) is 0 Å². The van der Waals surface area contributed by atoms with Crippen LogP contribution < -0.4 is 10.1 Å². The minimum atomic E-state index is -0.207. The van der Waals surface area contributed by atoms with Crippen LogP contribution in [0.2, 0.25) is 0 Å². The van der Waals surface area contributed by atoms with Crippen molar-refractivity contribution in [2.24, 2.45) is 7.05 Å². The number of carbonyl (C=O) groups is 1. The van der Waals surface area contributed by atoms with Crippen molar-refractivity contribution in [2.75, 3.05) is 7.11 Å². The first-order chi connectivity index (χ1) is 13.2. The lowest BCUT2D eigenvalue weighted by atomic mass is 10.1. The van der Waals surface area contributed by atoms with Gasteiger partial charge in [0.1, 0.15) is 11.6 Å². The highest BCUT2D eigenvalue weighted by Gasteiger charge is 2.16. The van der Waals surface area contributed by atoms with Crippen LogP contribution in [0.25, 0.3) is 22.3 Å². The number of imidazole rings is 1. The molecule has 0 fully saturated rings. The number of para-hydroxylation sites is 2. The number of carbonyl (C=O) groups excluding carboxylic acids is 1. The number of aromatic amines is 1. The van der Waals surface area contributed by atoms with E-state index in [-0.39, 0.29) is 5.91 Å². The molecular formula is C20H19N5O2. The van der Waals surface area contributed by atoms with Crippen LogP contribution in [0, 0.1) is 0 Å². The number of aromatic nitrogens is 4. The van der Waals surface area contributed by atoms with Crippen LogP contribution in [-0.2, 0) is 13.6 Å². The number of H-pyrrole nitrogens is 1. The van der Waals surface area contributed by atoms with Gasteiger partial charge in [0, 0.05) is 12.6 Å². The van der Waals surface area contributed by atoms with E-state index >= 15 is 0 Å². The summed E-state index contributed by atoms with van der Waals surface area (Å²) in [7, 11) is 3.56. The fourth-order valence-electron chi connectivity index (χ4n) is 3.04. The molecule has 0 aliphatic carbocycles. The van der Waals surface area contributed by atoms with Gasteiger partial charge in [0.15, 0.2) is 0 Å². The minimum absolute atomic E-state index is 0.207. The van der Waals surface area contributed by atoms with Gasteiger partial charge in [-0.25, -0.2) is 4.98 Å². The molecular weight excluding hydrogens is 342 g/mol. The zero-order valence-electron chi connectivity index (χ0n) is 15.1. The Morgan fingerprint density at radius 2 is 1.96 bits per heavy atom. The minimum Gasteiger partial charge on any atom is -0.497 e. The van der Waals surface area contributed by atoms with Gasteiger partial charge < -0.3 is 14.6 Å². The molecule has 0 atom stereocenters. The van der Waals surface area contributed by atoms with E-state index in [1.165, 1.54) is 6.20 Å². The fraction of sp³-hybridized carbons (Fsp3) is 0.150. The monoisotopic (exact) mass is 361 g/mol. The Bertz CT molecular complexity index is 1100.